The molecule has 4 aromatic rings. The number of aromatic nitrogens is 6. The van der Waals surface area contributed by atoms with Crippen LogP contribution in [0.5, 0.6) is 0 Å². The van der Waals surface area contributed by atoms with Crippen LogP contribution in [0.3, 0.4) is 0 Å². The van der Waals surface area contributed by atoms with Crippen LogP contribution in [-0.2, 0) is 13.6 Å². The first-order chi connectivity index (χ1) is 12.1. The zero-order valence-electron chi connectivity index (χ0n) is 14.2. The fraction of sp³-hybridized carbons (Fsp3) is 0.294. The number of aryl methyl sites for hydroxylation is 3. The Morgan fingerprint density at radius 2 is 2.08 bits per heavy atom. The fourth-order valence-electron chi connectivity index (χ4n) is 3.04. The van der Waals surface area contributed by atoms with Gasteiger partial charge in [0.1, 0.15) is 11.2 Å². The Morgan fingerprint density at radius 1 is 1.24 bits per heavy atom. The van der Waals surface area contributed by atoms with Crippen LogP contribution in [0, 0.1) is 6.92 Å². The van der Waals surface area contributed by atoms with Crippen molar-refractivity contribution in [2.24, 2.45) is 7.05 Å². The van der Waals surface area contributed by atoms with Crippen molar-refractivity contribution in [3.05, 3.63) is 46.6 Å². The highest BCUT2D eigenvalue weighted by Crippen LogP contribution is 2.15. The first-order valence-electron chi connectivity index (χ1n) is 8.21. The fourth-order valence-corrected chi connectivity index (χ4v) is 3.04. The normalized spacial score (nSPS) is 11.4. The SMILES string of the molecule is Cc1nc2ccccc2n1CCCNc1nc2c(cnn2C)c(=O)[nH]1. The third-order valence-corrected chi connectivity index (χ3v) is 4.30. The predicted molar refractivity (Wildman–Crippen MR) is 96.7 cm³/mol. The van der Waals surface area contributed by atoms with Gasteiger partial charge in [0.25, 0.3) is 5.56 Å². The summed E-state index contributed by atoms with van der Waals surface area (Å²) in [5, 5.41) is 7.74. The van der Waals surface area contributed by atoms with E-state index < -0.39 is 0 Å². The van der Waals surface area contributed by atoms with Crippen molar-refractivity contribution in [2.75, 3.05) is 11.9 Å². The number of anilines is 1. The van der Waals surface area contributed by atoms with Crippen molar-refractivity contribution in [3.8, 4) is 0 Å². The molecule has 0 aliphatic heterocycles. The van der Waals surface area contributed by atoms with Crippen LogP contribution < -0.4 is 10.9 Å². The number of hydrogen-bond acceptors (Lipinski definition) is 5. The molecule has 3 aromatic heterocycles. The monoisotopic (exact) mass is 337 g/mol. The predicted octanol–water partition coefficient (Wildman–Crippen LogP) is 1.82. The minimum absolute atomic E-state index is 0.183. The average molecular weight is 337 g/mol. The number of aromatic amines is 1. The van der Waals surface area contributed by atoms with Gasteiger partial charge in [-0.05, 0) is 25.5 Å². The molecular weight excluding hydrogens is 318 g/mol. The maximum absolute atomic E-state index is 12.0. The smallest absolute Gasteiger partial charge is 0.263 e. The minimum atomic E-state index is -0.183. The molecule has 0 aliphatic carbocycles. The molecule has 128 valence electrons. The molecule has 0 radical (unpaired) electrons. The van der Waals surface area contributed by atoms with E-state index in [0.717, 1.165) is 29.8 Å². The molecule has 25 heavy (non-hydrogen) atoms. The summed E-state index contributed by atoms with van der Waals surface area (Å²) in [6.07, 6.45) is 2.41. The molecule has 2 N–H and O–H groups in total. The van der Waals surface area contributed by atoms with Gasteiger partial charge in [0.15, 0.2) is 5.65 Å². The lowest BCUT2D eigenvalue weighted by atomic mass is 10.3. The highest BCUT2D eigenvalue weighted by molar-refractivity contribution is 5.76. The number of nitrogens with one attached hydrogen (secondary N) is 2. The number of hydrogen-bond donors (Lipinski definition) is 2. The Morgan fingerprint density at radius 3 is 2.96 bits per heavy atom. The standard InChI is InChI=1S/C17H19N7O/c1-11-20-13-6-3-4-7-14(13)24(11)9-5-8-18-17-21-15-12(16(25)22-17)10-19-23(15)2/h3-4,6-7,10H,5,8-9H2,1-2H3,(H2,18,21,22,25). The lowest BCUT2D eigenvalue weighted by molar-refractivity contribution is 0.657. The van der Waals surface area contributed by atoms with E-state index in [9.17, 15) is 4.79 Å². The Hall–Kier alpha value is -3.16. The molecule has 0 amide bonds. The summed E-state index contributed by atoms with van der Waals surface area (Å²) in [4.78, 5) is 23.8. The van der Waals surface area contributed by atoms with Crippen LogP contribution in [0.4, 0.5) is 5.95 Å². The van der Waals surface area contributed by atoms with E-state index in [1.54, 1.807) is 11.7 Å². The molecule has 0 unspecified atom stereocenters. The van der Waals surface area contributed by atoms with Gasteiger partial charge in [0, 0.05) is 20.1 Å². The Bertz CT molecular complexity index is 1110. The summed E-state index contributed by atoms with van der Waals surface area (Å²) in [5.41, 5.74) is 2.54. The zero-order valence-corrected chi connectivity index (χ0v) is 14.2. The zero-order chi connectivity index (χ0) is 17.4. The van der Waals surface area contributed by atoms with Gasteiger partial charge in [0.05, 0.1) is 17.2 Å². The highest BCUT2D eigenvalue weighted by atomic mass is 16.1. The molecule has 1 aromatic carbocycles. The van der Waals surface area contributed by atoms with Gasteiger partial charge in [-0.2, -0.15) is 10.1 Å². The quantitative estimate of drug-likeness (QED) is 0.542. The lowest BCUT2D eigenvalue weighted by Gasteiger charge is -2.08. The van der Waals surface area contributed by atoms with E-state index in [1.807, 2.05) is 25.1 Å². The largest absolute Gasteiger partial charge is 0.356 e. The Kier molecular flexibility index (Phi) is 3.72. The van der Waals surface area contributed by atoms with Gasteiger partial charge < -0.3 is 9.88 Å². The number of nitrogens with zero attached hydrogens (tertiary/aromatic N) is 5. The second-order valence-electron chi connectivity index (χ2n) is 6.00. The first kappa shape index (κ1) is 15.4. The molecule has 0 atom stereocenters. The van der Waals surface area contributed by atoms with E-state index in [4.69, 9.17) is 0 Å². The van der Waals surface area contributed by atoms with E-state index in [-0.39, 0.29) is 5.56 Å². The molecule has 0 bridgehead atoms. The van der Waals surface area contributed by atoms with E-state index in [0.29, 0.717) is 23.5 Å². The summed E-state index contributed by atoms with van der Waals surface area (Å²) in [6, 6.07) is 8.13. The second kappa shape index (κ2) is 6.04. The Labute approximate surface area is 143 Å². The molecule has 8 heteroatoms. The molecule has 8 nitrogen and oxygen atoms in total. The van der Waals surface area contributed by atoms with Crippen LogP contribution in [0.1, 0.15) is 12.2 Å². The Balaban J connectivity index is 1.45. The van der Waals surface area contributed by atoms with Crippen molar-refractivity contribution in [1.29, 1.82) is 0 Å². The topological polar surface area (TPSA) is 93.4 Å². The molecule has 0 fully saturated rings. The first-order valence-corrected chi connectivity index (χ1v) is 8.21. The number of fused-ring (bicyclic) bond motifs is 2. The molecule has 3 heterocycles. The van der Waals surface area contributed by atoms with Gasteiger partial charge in [-0.3, -0.25) is 14.5 Å². The number of H-pyrrole nitrogens is 1. The lowest BCUT2D eigenvalue weighted by Crippen LogP contribution is -2.15. The third kappa shape index (κ3) is 2.75. The van der Waals surface area contributed by atoms with Gasteiger partial charge >= 0.3 is 0 Å². The molecule has 0 saturated heterocycles. The average Bonchev–Trinajstić information content (AvgIpc) is 3.12. The van der Waals surface area contributed by atoms with Crippen molar-refractivity contribution in [2.45, 2.75) is 19.9 Å². The summed E-state index contributed by atoms with van der Waals surface area (Å²) in [6.45, 7) is 3.55. The molecule has 0 aliphatic rings. The molecular formula is C17H19N7O. The third-order valence-electron chi connectivity index (χ3n) is 4.30. The van der Waals surface area contributed by atoms with Gasteiger partial charge in [-0.25, -0.2) is 4.98 Å². The van der Waals surface area contributed by atoms with E-state index >= 15 is 0 Å². The van der Waals surface area contributed by atoms with Gasteiger partial charge in [-0.1, -0.05) is 12.1 Å². The van der Waals surface area contributed by atoms with Crippen LogP contribution >= 0.6 is 0 Å². The molecule has 0 saturated carbocycles. The summed E-state index contributed by atoms with van der Waals surface area (Å²) >= 11 is 0. The summed E-state index contributed by atoms with van der Waals surface area (Å²) in [7, 11) is 1.77. The van der Waals surface area contributed by atoms with Crippen molar-refractivity contribution in [1.82, 2.24) is 29.3 Å². The molecule has 0 spiro atoms. The van der Waals surface area contributed by atoms with E-state index in [2.05, 4.69) is 36.0 Å². The number of benzene rings is 1. The van der Waals surface area contributed by atoms with Crippen LogP contribution in [0.2, 0.25) is 0 Å². The highest BCUT2D eigenvalue weighted by Gasteiger charge is 2.08. The van der Waals surface area contributed by atoms with Gasteiger partial charge in [-0.15, -0.1) is 0 Å². The van der Waals surface area contributed by atoms with Crippen LogP contribution in [-0.4, -0.2) is 35.8 Å². The maximum Gasteiger partial charge on any atom is 0.263 e. The van der Waals surface area contributed by atoms with Crippen molar-refractivity contribution in [3.63, 3.8) is 0 Å². The number of imidazole rings is 1. The second-order valence-corrected chi connectivity index (χ2v) is 6.00. The summed E-state index contributed by atoms with van der Waals surface area (Å²) in [5.74, 6) is 1.47. The minimum Gasteiger partial charge on any atom is -0.356 e. The van der Waals surface area contributed by atoms with Crippen molar-refractivity contribution >= 4 is 28.0 Å². The van der Waals surface area contributed by atoms with Gasteiger partial charge in [0.2, 0.25) is 5.95 Å². The van der Waals surface area contributed by atoms with Crippen LogP contribution in [0.25, 0.3) is 22.1 Å². The number of para-hydroxylation sites is 2. The molecule has 4 rings (SSSR count). The summed E-state index contributed by atoms with van der Waals surface area (Å²) < 4.78 is 3.80. The maximum atomic E-state index is 12.0. The van der Waals surface area contributed by atoms with Crippen molar-refractivity contribution < 1.29 is 0 Å². The van der Waals surface area contributed by atoms with Crippen LogP contribution in [0.15, 0.2) is 35.3 Å². The number of rotatable bonds is 5. The van der Waals surface area contributed by atoms with E-state index in [1.165, 1.54) is 6.20 Å².